The first kappa shape index (κ1) is 16.6. The predicted octanol–water partition coefficient (Wildman–Crippen LogP) is 4.67. The van der Waals surface area contributed by atoms with Crippen LogP contribution in [0.3, 0.4) is 0 Å². The van der Waals surface area contributed by atoms with E-state index in [1.807, 2.05) is 0 Å². The van der Waals surface area contributed by atoms with E-state index in [9.17, 15) is 0 Å². The molecule has 130 valence electrons. The van der Waals surface area contributed by atoms with Gasteiger partial charge in [0, 0.05) is 16.6 Å². The lowest BCUT2D eigenvalue weighted by Crippen LogP contribution is -2.48. The number of aryl methyl sites for hydroxylation is 1. The van der Waals surface area contributed by atoms with Crippen molar-refractivity contribution in [2.75, 3.05) is 0 Å². The molecule has 2 aliphatic rings. The highest BCUT2D eigenvalue weighted by Crippen LogP contribution is 2.38. The van der Waals surface area contributed by atoms with Crippen molar-refractivity contribution in [3.8, 4) is 0 Å². The maximum atomic E-state index is 6.41. The fourth-order valence-corrected chi connectivity index (χ4v) is 4.71. The van der Waals surface area contributed by atoms with E-state index in [-0.39, 0.29) is 6.04 Å². The Balaban J connectivity index is 1.47. The van der Waals surface area contributed by atoms with E-state index in [0.717, 1.165) is 29.7 Å². The summed E-state index contributed by atoms with van der Waals surface area (Å²) in [7, 11) is 0. The normalized spacial score (nSPS) is 25.6. The van der Waals surface area contributed by atoms with Gasteiger partial charge in [-0.15, -0.1) is 0 Å². The molecule has 0 aliphatic carbocycles. The standard InChI is InChI=1S/C21H24BrN3/c22-17-8-4-7-16(13-17)20-14-19-12-11-18(25(19)21(23)24-20)10-9-15-5-2-1-3-6-15/h1-8,13,18-20H,9-12,14H2,(H2,23,24)/t18-,19+,20+/m0/s1. The van der Waals surface area contributed by atoms with Crippen molar-refractivity contribution < 1.29 is 0 Å². The van der Waals surface area contributed by atoms with Crippen molar-refractivity contribution >= 4 is 21.9 Å². The molecule has 2 N–H and O–H groups in total. The molecule has 0 saturated carbocycles. The summed E-state index contributed by atoms with van der Waals surface area (Å²) >= 11 is 3.56. The third kappa shape index (κ3) is 3.59. The molecule has 0 amide bonds. The van der Waals surface area contributed by atoms with Crippen LogP contribution in [0.2, 0.25) is 0 Å². The molecule has 1 saturated heterocycles. The Morgan fingerprint density at radius 3 is 2.72 bits per heavy atom. The molecule has 0 unspecified atom stereocenters. The van der Waals surface area contributed by atoms with Gasteiger partial charge in [0.2, 0.25) is 0 Å². The zero-order chi connectivity index (χ0) is 17.2. The second-order valence-electron chi connectivity index (χ2n) is 7.11. The van der Waals surface area contributed by atoms with Gasteiger partial charge in [0.15, 0.2) is 5.96 Å². The van der Waals surface area contributed by atoms with E-state index in [1.54, 1.807) is 0 Å². The van der Waals surface area contributed by atoms with Crippen LogP contribution in [0, 0.1) is 0 Å². The van der Waals surface area contributed by atoms with Crippen LogP contribution in [0.5, 0.6) is 0 Å². The summed E-state index contributed by atoms with van der Waals surface area (Å²) in [5.41, 5.74) is 9.07. The lowest BCUT2D eigenvalue weighted by molar-refractivity contribution is 0.256. The first-order valence-electron chi connectivity index (χ1n) is 9.11. The molecule has 2 aromatic carbocycles. The van der Waals surface area contributed by atoms with E-state index in [1.165, 1.54) is 24.0 Å². The zero-order valence-electron chi connectivity index (χ0n) is 14.3. The smallest absolute Gasteiger partial charge is 0.192 e. The van der Waals surface area contributed by atoms with Gasteiger partial charge in [0.25, 0.3) is 0 Å². The third-order valence-corrected chi connectivity index (χ3v) is 6.00. The molecule has 3 nitrogen and oxygen atoms in total. The fraction of sp³-hybridized carbons (Fsp3) is 0.381. The molecule has 4 heteroatoms. The lowest BCUT2D eigenvalue weighted by Gasteiger charge is -2.37. The third-order valence-electron chi connectivity index (χ3n) is 5.51. The molecular weight excluding hydrogens is 374 g/mol. The summed E-state index contributed by atoms with van der Waals surface area (Å²) in [6.45, 7) is 0. The van der Waals surface area contributed by atoms with Gasteiger partial charge in [0.1, 0.15) is 0 Å². The van der Waals surface area contributed by atoms with Crippen LogP contribution >= 0.6 is 15.9 Å². The van der Waals surface area contributed by atoms with Gasteiger partial charge in [-0.05, 0) is 55.4 Å². The molecule has 25 heavy (non-hydrogen) atoms. The molecule has 0 aromatic heterocycles. The maximum Gasteiger partial charge on any atom is 0.192 e. The van der Waals surface area contributed by atoms with Crippen molar-refractivity contribution in [2.24, 2.45) is 10.7 Å². The largest absolute Gasteiger partial charge is 0.370 e. The van der Waals surface area contributed by atoms with Gasteiger partial charge in [0.05, 0.1) is 6.04 Å². The van der Waals surface area contributed by atoms with Crippen LogP contribution in [-0.2, 0) is 6.42 Å². The average Bonchev–Trinajstić information content (AvgIpc) is 3.04. The first-order valence-corrected chi connectivity index (χ1v) is 9.91. The second kappa shape index (κ2) is 7.20. The number of rotatable bonds is 4. The SMILES string of the molecule is NC1=N[C@@H](c2cccc(Br)c2)C[C@H]2CC[C@H](CCc3ccccc3)N12. The molecular formula is C21H24BrN3. The quantitative estimate of drug-likeness (QED) is 0.813. The second-order valence-corrected chi connectivity index (χ2v) is 8.03. The minimum Gasteiger partial charge on any atom is -0.370 e. The summed E-state index contributed by atoms with van der Waals surface area (Å²) in [6, 6.07) is 20.4. The number of guanidine groups is 1. The Kier molecular flexibility index (Phi) is 4.80. The molecule has 4 rings (SSSR count). The molecule has 0 bridgehead atoms. The summed E-state index contributed by atoms with van der Waals surface area (Å²) in [6.07, 6.45) is 5.77. The van der Waals surface area contributed by atoms with Gasteiger partial charge in [-0.25, -0.2) is 4.99 Å². The van der Waals surface area contributed by atoms with Crippen molar-refractivity contribution in [3.63, 3.8) is 0 Å². The number of hydrogen-bond donors (Lipinski definition) is 1. The summed E-state index contributed by atoms with van der Waals surface area (Å²) < 4.78 is 1.10. The van der Waals surface area contributed by atoms with Crippen LogP contribution in [0.15, 0.2) is 64.1 Å². The molecule has 2 aromatic rings. The number of nitrogens with zero attached hydrogens (tertiary/aromatic N) is 2. The van der Waals surface area contributed by atoms with E-state index in [4.69, 9.17) is 10.7 Å². The van der Waals surface area contributed by atoms with Crippen molar-refractivity contribution in [1.29, 1.82) is 0 Å². The number of hydrogen-bond acceptors (Lipinski definition) is 3. The molecule has 0 radical (unpaired) electrons. The molecule has 3 atom stereocenters. The van der Waals surface area contributed by atoms with Gasteiger partial charge in [-0.3, -0.25) is 0 Å². The van der Waals surface area contributed by atoms with E-state index in [2.05, 4.69) is 75.4 Å². The van der Waals surface area contributed by atoms with Crippen LogP contribution in [0.4, 0.5) is 0 Å². The van der Waals surface area contributed by atoms with Crippen molar-refractivity contribution in [3.05, 3.63) is 70.2 Å². The summed E-state index contributed by atoms with van der Waals surface area (Å²) in [5, 5.41) is 0. The number of halogens is 1. The minimum absolute atomic E-state index is 0.187. The van der Waals surface area contributed by atoms with E-state index >= 15 is 0 Å². The number of fused-ring (bicyclic) bond motifs is 1. The van der Waals surface area contributed by atoms with E-state index in [0.29, 0.717) is 12.1 Å². The fourth-order valence-electron chi connectivity index (χ4n) is 4.29. The van der Waals surface area contributed by atoms with Crippen LogP contribution < -0.4 is 5.73 Å². The highest BCUT2D eigenvalue weighted by Gasteiger charge is 2.39. The monoisotopic (exact) mass is 397 g/mol. The Hall–Kier alpha value is -1.81. The summed E-state index contributed by atoms with van der Waals surface area (Å²) in [4.78, 5) is 7.24. The van der Waals surface area contributed by atoms with Gasteiger partial charge < -0.3 is 10.6 Å². The Morgan fingerprint density at radius 2 is 1.92 bits per heavy atom. The van der Waals surface area contributed by atoms with E-state index < -0.39 is 0 Å². The Bertz CT molecular complexity index is 759. The zero-order valence-corrected chi connectivity index (χ0v) is 15.9. The predicted molar refractivity (Wildman–Crippen MR) is 107 cm³/mol. The maximum absolute atomic E-state index is 6.41. The number of nitrogens with two attached hydrogens (primary N) is 1. The number of benzene rings is 2. The lowest BCUT2D eigenvalue weighted by atomic mass is 9.97. The van der Waals surface area contributed by atoms with Crippen molar-refractivity contribution in [1.82, 2.24) is 4.90 Å². The highest BCUT2D eigenvalue weighted by molar-refractivity contribution is 9.10. The number of aliphatic imine (C=N–C) groups is 1. The van der Waals surface area contributed by atoms with Crippen LogP contribution in [0.1, 0.15) is 42.9 Å². The van der Waals surface area contributed by atoms with Crippen LogP contribution in [0.25, 0.3) is 0 Å². The molecule has 1 fully saturated rings. The topological polar surface area (TPSA) is 41.6 Å². The van der Waals surface area contributed by atoms with Crippen molar-refractivity contribution in [2.45, 2.75) is 50.2 Å². The van der Waals surface area contributed by atoms with Gasteiger partial charge in [-0.1, -0.05) is 58.4 Å². The molecule has 2 heterocycles. The summed E-state index contributed by atoms with van der Waals surface area (Å²) in [5.74, 6) is 0.733. The Labute approximate surface area is 158 Å². The molecule has 2 aliphatic heterocycles. The highest BCUT2D eigenvalue weighted by atomic mass is 79.9. The first-order chi connectivity index (χ1) is 12.2. The minimum atomic E-state index is 0.187. The van der Waals surface area contributed by atoms with Crippen LogP contribution in [-0.4, -0.2) is 22.9 Å². The molecule has 0 spiro atoms. The average molecular weight is 398 g/mol. The Morgan fingerprint density at radius 1 is 1.08 bits per heavy atom. The van der Waals surface area contributed by atoms with Gasteiger partial charge >= 0.3 is 0 Å². The van der Waals surface area contributed by atoms with Gasteiger partial charge in [-0.2, -0.15) is 0 Å².